The summed E-state index contributed by atoms with van der Waals surface area (Å²) in [5.41, 5.74) is 1.77. The van der Waals surface area contributed by atoms with Crippen molar-refractivity contribution in [3.8, 4) is 5.69 Å². The van der Waals surface area contributed by atoms with Crippen molar-refractivity contribution in [2.24, 2.45) is 0 Å². The van der Waals surface area contributed by atoms with E-state index in [9.17, 15) is 9.59 Å². The quantitative estimate of drug-likeness (QED) is 0.796. The Labute approximate surface area is 138 Å². The van der Waals surface area contributed by atoms with Gasteiger partial charge >= 0.3 is 0 Å². The number of carbonyl (C=O) groups excluding carboxylic acids is 1. The molecule has 1 N–H and O–H groups in total. The minimum atomic E-state index is -0.506. The van der Waals surface area contributed by atoms with Crippen LogP contribution in [0.2, 0.25) is 0 Å². The molecule has 0 atom stereocenters. The molecule has 6 nitrogen and oxygen atoms in total. The molecule has 0 saturated carbocycles. The van der Waals surface area contributed by atoms with E-state index in [4.69, 9.17) is 0 Å². The van der Waals surface area contributed by atoms with Crippen LogP contribution in [0.25, 0.3) is 5.69 Å². The first-order valence-electron chi connectivity index (χ1n) is 7.48. The number of carbonyl (C=O) groups is 1. The molecule has 0 radical (unpaired) electrons. The molecule has 120 valence electrons. The van der Waals surface area contributed by atoms with E-state index in [0.29, 0.717) is 5.69 Å². The van der Waals surface area contributed by atoms with Crippen molar-refractivity contribution in [2.45, 2.75) is 13.5 Å². The lowest BCUT2D eigenvalue weighted by Gasteiger charge is -2.11. The monoisotopic (exact) mass is 320 g/mol. The number of nitrogens with zero attached hydrogens (tertiary/aromatic N) is 3. The number of amides is 1. The molecule has 0 aliphatic rings. The number of hydrogen-bond acceptors (Lipinski definition) is 4. The highest BCUT2D eigenvalue weighted by atomic mass is 16.2. The second-order valence-corrected chi connectivity index (χ2v) is 5.29. The Bertz CT molecular complexity index is 905. The van der Waals surface area contributed by atoms with Gasteiger partial charge in [-0.2, -0.15) is 5.10 Å². The van der Waals surface area contributed by atoms with Gasteiger partial charge in [0.2, 0.25) is 5.43 Å². The first-order chi connectivity index (χ1) is 11.6. The number of pyridine rings is 1. The maximum Gasteiger partial charge on any atom is 0.276 e. The molecule has 1 amide bonds. The number of nitrogens with one attached hydrogen (secondary N) is 1. The molecular weight excluding hydrogens is 304 g/mol. The maximum absolute atomic E-state index is 12.3. The van der Waals surface area contributed by atoms with Gasteiger partial charge in [0.25, 0.3) is 5.91 Å². The number of aromatic nitrogens is 3. The van der Waals surface area contributed by atoms with E-state index in [2.05, 4.69) is 15.4 Å². The minimum absolute atomic E-state index is 0.131. The number of benzene rings is 1. The lowest BCUT2D eigenvalue weighted by Crippen LogP contribution is -2.31. The summed E-state index contributed by atoms with van der Waals surface area (Å²) in [5, 5.41) is 6.93. The van der Waals surface area contributed by atoms with Crippen molar-refractivity contribution in [1.29, 1.82) is 0 Å². The van der Waals surface area contributed by atoms with Crippen LogP contribution in [-0.2, 0) is 6.54 Å². The van der Waals surface area contributed by atoms with Crippen LogP contribution >= 0.6 is 0 Å². The molecule has 0 aliphatic carbocycles. The molecule has 2 aromatic heterocycles. The Morgan fingerprint density at radius 1 is 1.17 bits per heavy atom. The van der Waals surface area contributed by atoms with Crippen LogP contribution in [0.4, 0.5) is 0 Å². The van der Waals surface area contributed by atoms with Gasteiger partial charge in [-0.05, 0) is 30.7 Å². The topological polar surface area (TPSA) is 76.9 Å². The van der Waals surface area contributed by atoms with Crippen molar-refractivity contribution >= 4 is 5.91 Å². The molecule has 0 saturated heterocycles. The largest absolute Gasteiger partial charge is 0.346 e. The fourth-order valence-corrected chi connectivity index (χ4v) is 2.30. The standard InChI is InChI=1S/C18H16N4O2/c1-13-10-16(23)17(21-22(13)15-7-3-2-4-8-15)18(24)20-12-14-6-5-9-19-11-14/h2-11H,12H2,1H3,(H,20,24). The molecule has 3 aromatic rings. The van der Waals surface area contributed by atoms with E-state index < -0.39 is 11.3 Å². The highest BCUT2D eigenvalue weighted by molar-refractivity contribution is 5.91. The first-order valence-corrected chi connectivity index (χ1v) is 7.48. The van der Waals surface area contributed by atoms with E-state index in [-0.39, 0.29) is 12.2 Å². The summed E-state index contributed by atoms with van der Waals surface area (Å²) in [6.07, 6.45) is 3.32. The predicted octanol–water partition coefficient (Wildman–Crippen LogP) is 1.87. The van der Waals surface area contributed by atoms with E-state index in [1.54, 1.807) is 30.1 Å². The van der Waals surface area contributed by atoms with E-state index in [1.165, 1.54) is 6.07 Å². The number of aryl methyl sites for hydroxylation is 1. The molecule has 24 heavy (non-hydrogen) atoms. The van der Waals surface area contributed by atoms with Crippen molar-refractivity contribution in [2.75, 3.05) is 0 Å². The molecule has 0 fully saturated rings. The summed E-state index contributed by atoms with van der Waals surface area (Å²) in [6, 6.07) is 14.4. The summed E-state index contributed by atoms with van der Waals surface area (Å²) in [4.78, 5) is 28.4. The van der Waals surface area contributed by atoms with Crippen LogP contribution in [0.3, 0.4) is 0 Å². The minimum Gasteiger partial charge on any atom is -0.346 e. The van der Waals surface area contributed by atoms with E-state index in [0.717, 1.165) is 11.3 Å². The zero-order chi connectivity index (χ0) is 16.9. The number of hydrogen-bond donors (Lipinski definition) is 1. The Hall–Kier alpha value is -3.28. The summed E-state index contributed by atoms with van der Waals surface area (Å²) >= 11 is 0. The Morgan fingerprint density at radius 3 is 2.67 bits per heavy atom. The van der Waals surface area contributed by atoms with Gasteiger partial charge in [0, 0.05) is 30.7 Å². The summed E-state index contributed by atoms with van der Waals surface area (Å²) in [7, 11) is 0. The molecule has 0 aliphatic heterocycles. The normalized spacial score (nSPS) is 10.4. The number of para-hydroxylation sites is 1. The van der Waals surface area contributed by atoms with Gasteiger partial charge in [-0.25, -0.2) is 4.68 Å². The summed E-state index contributed by atoms with van der Waals surface area (Å²) < 4.78 is 1.58. The summed E-state index contributed by atoms with van der Waals surface area (Å²) in [6.45, 7) is 2.06. The lowest BCUT2D eigenvalue weighted by atomic mass is 10.2. The second-order valence-electron chi connectivity index (χ2n) is 5.29. The van der Waals surface area contributed by atoms with Gasteiger partial charge in [-0.15, -0.1) is 0 Å². The lowest BCUT2D eigenvalue weighted by molar-refractivity contribution is 0.0943. The predicted molar refractivity (Wildman–Crippen MR) is 90.0 cm³/mol. The van der Waals surface area contributed by atoms with Crippen molar-refractivity contribution in [3.05, 3.63) is 88.1 Å². The molecule has 1 aromatic carbocycles. The molecule has 0 unspecified atom stereocenters. The Balaban J connectivity index is 1.87. The Morgan fingerprint density at radius 2 is 1.96 bits per heavy atom. The van der Waals surface area contributed by atoms with Crippen LogP contribution in [0, 0.1) is 6.92 Å². The van der Waals surface area contributed by atoms with Crippen LogP contribution in [0.1, 0.15) is 21.7 Å². The molecular formula is C18H16N4O2. The zero-order valence-electron chi connectivity index (χ0n) is 13.1. The second kappa shape index (κ2) is 6.87. The smallest absolute Gasteiger partial charge is 0.276 e. The van der Waals surface area contributed by atoms with Crippen LogP contribution in [0.5, 0.6) is 0 Å². The molecule has 0 spiro atoms. The van der Waals surface area contributed by atoms with Gasteiger partial charge in [0.05, 0.1) is 5.69 Å². The van der Waals surface area contributed by atoms with E-state index >= 15 is 0 Å². The van der Waals surface area contributed by atoms with Gasteiger partial charge in [0.15, 0.2) is 5.69 Å². The molecule has 6 heteroatoms. The van der Waals surface area contributed by atoms with Crippen LogP contribution in [-0.4, -0.2) is 20.7 Å². The van der Waals surface area contributed by atoms with Crippen molar-refractivity contribution in [1.82, 2.24) is 20.1 Å². The molecule has 2 heterocycles. The zero-order valence-corrected chi connectivity index (χ0v) is 13.1. The van der Waals surface area contributed by atoms with Crippen molar-refractivity contribution in [3.63, 3.8) is 0 Å². The fourth-order valence-electron chi connectivity index (χ4n) is 2.30. The number of rotatable bonds is 4. The fraction of sp³-hybridized carbons (Fsp3) is 0.111. The van der Waals surface area contributed by atoms with Gasteiger partial charge < -0.3 is 5.32 Å². The third kappa shape index (κ3) is 3.38. The molecule has 3 rings (SSSR count). The maximum atomic E-state index is 12.3. The molecule has 0 bridgehead atoms. The van der Waals surface area contributed by atoms with Gasteiger partial charge in [0.1, 0.15) is 0 Å². The third-order valence-corrected chi connectivity index (χ3v) is 3.50. The average molecular weight is 320 g/mol. The SMILES string of the molecule is Cc1cc(=O)c(C(=O)NCc2cccnc2)nn1-c1ccccc1. The highest BCUT2D eigenvalue weighted by Gasteiger charge is 2.15. The van der Waals surface area contributed by atoms with Gasteiger partial charge in [-0.1, -0.05) is 24.3 Å². The van der Waals surface area contributed by atoms with Gasteiger partial charge in [-0.3, -0.25) is 14.6 Å². The van der Waals surface area contributed by atoms with Crippen LogP contribution < -0.4 is 10.7 Å². The van der Waals surface area contributed by atoms with E-state index in [1.807, 2.05) is 36.4 Å². The van der Waals surface area contributed by atoms with Crippen molar-refractivity contribution < 1.29 is 4.79 Å². The average Bonchev–Trinajstić information content (AvgIpc) is 2.61. The van der Waals surface area contributed by atoms with Crippen LogP contribution in [0.15, 0.2) is 65.7 Å². The first kappa shape index (κ1) is 15.6. The third-order valence-electron chi connectivity index (χ3n) is 3.50. The summed E-state index contributed by atoms with van der Waals surface area (Å²) in [5.74, 6) is -0.506. The Kier molecular flexibility index (Phi) is 4.47. The highest BCUT2D eigenvalue weighted by Crippen LogP contribution is 2.08.